The van der Waals surface area contributed by atoms with Crippen LogP contribution in [0, 0.1) is 11.3 Å². The Morgan fingerprint density at radius 2 is 2.05 bits per heavy atom. The minimum absolute atomic E-state index is 0.0463. The van der Waals surface area contributed by atoms with Crippen LogP contribution in [0.1, 0.15) is 11.1 Å². The van der Waals surface area contributed by atoms with Crippen molar-refractivity contribution in [1.82, 2.24) is 14.9 Å². The summed E-state index contributed by atoms with van der Waals surface area (Å²) in [6.07, 6.45) is 1.45. The molecule has 1 heterocycles. The molecule has 0 saturated carbocycles. The maximum atomic E-state index is 12.0. The largest absolute Gasteiger partial charge is 0.384 e. The molecule has 0 amide bonds. The Hall–Kier alpha value is -2.37. The van der Waals surface area contributed by atoms with Gasteiger partial charge >= 0.3 is 0 Å². The number of aromatic nitrogens is 2. The molecule has 0 aliphatic heterocycles. The van der Waals surface area contributed by atoms with Gasteiger partial charge in [0.1, 0.15) is 5.82 Å². The highest BCUT2D eigenvalue weighted by atomic mass is 32.2. The number of nitrogens with zero attached hydrogens (tertiary/aromatic N) is 2. The molecule has 7 nitrogen and oxygen atoms in total. The van der Waals surface area contributed by atoms with Crippen molar-refractivity contribution in [2.24, 2.45) is 0 Å². The van der Waals surface area contributed by atoms with Crippen molar-refractivity contribution in [3.05, 3.63) is 41.6 Å². The third-order valence-electron chi connectivity index (χ3n) is 2.50. The summed E-state index contributed by atoms with van der Waals surface area (Å²) < 4.78 is 26.4. The lowest BCUT2D eigenvalue weighted by atomic mass is 10.2. The van der Waals surface area contributed by atoms with Gasteiger partial charge in [-0.2, -0.15) is 10.4 Å². The average molecular weight is 277 g/mol. The molecule has 0 aliphatic carbocycles. The van der Waals surface area contributed by atoms with E-state index in [2.05, 4.69) is 14.9 Å². The number of nitrogens with two attached hydrogens (primary N) is 1. The zero-order valence-corrected chi connectivity index (χ0v) is 10.6. The number of rotatable bonds is 4. The third kappa shape index (κ3) is 2.90. The van der Waals surface area contributed by atoms with Crippen molar-refractivity contribution in [2.45, 2.75) is 11.4 Å². The zero-order valence-electron chi connectivity index (χ0n) is 9.79. The highest BCUT2D eigenvalue weighted by Crippen LogP contribution is 2.12. The number of H-pyrrole nitrogens is 1. The van der Waals surface area contributed by atoms with Crippen LogP contribution >= 0.6 is 0 Å². The highest BCUT2D eigenvalue weighted by molar-refractivity contribution is 7.89. The summed E-state index contributed by atoms with van der Waals surface area (Å²) in [4.78, 5) is 0.0913. The summed E-state index contributed by atoms with van der Waals surface area (Å²) in [5.74, 6) is 0.322. The first-order chi connectivity index (χ1) is 9.03. The fraction of sp³-hybridized carbons (Fsp3) is 0.0909. The first kappa shape index (κ1) is 13.1. The van der Waals surface area contributed by atoms with Gasteiger partial charge < -0.3 is 5.73 Å². The van der Waals surface area contributed by atoms with E-state index < -0.39 is 10.0 Å². The van der Waals surface area contributed by atoms with E-state index in [0.717, 1.165) is 0 Å². The molecule has 2 rings (SSSR count). The molecule has 0 saturated heterocycles. The van der Waals surface area contributed by atoms with Gasteiger partial charge in [0.25, 0.3) is 0 Å². The van der Waals surface area contributed by atoms with Gasteiger partial charge in [-0.25, -0.2) is 13.1 Å². The Morgan fingerprint density at radius 1 is 1.37 bits per heavy atom. The molecule has 8 heteroatoms. The summed E-state index contributed by atoms with van der Waals surface area (Å²) in [5.41, 5.74) is 6.53. The third-order valence-corrected chi connectivity index (χ3v) is 3.91. The summed E-state index contributed by atoms with van der Waals surface area (Å²) >= 11 is 0. The van der Waals surface area contributed by atoms with E-state index in [1.807, 2.05) is 6.07 Å². The summed E-state index contributed by atoms with van der Waals surface area (Å²) in [7, 11) is -3.63. The van der Waals surface area contributed by atoms with Crippen LogP contribution in [0.5, 0.6) is 0 Å². The molecule has 4 N–H and O–H groups in total. The molecule has 2 aromatic rings. The molecule has 0 bridgehead atoms. The number of benzene rings is 1. The summed E-state index contributed by atoms with van der Waals surface area (Å²) in [6, 6.07) is 7.56. The van der Waals surface area contributed by atoms with Crippen molar-refractivity contribution in [2.75, 3.05) is 5.73 Å². The number of nitriles is 1. The molecule has 0 spiro atoms. The lowest BCUT2D eigenvalue weighted by molar-refractivity contribution is 0.581. The Labute approximate surface area is 110 Å². The second kappa shape index (κ2) is 5.09. The van der Waals surface area contributed by atoms with Gasteiger partial charge in [0.15, 0.2) is 0 Å². The van der Waals surface area contributed by atoms with Crippen molar-refractivity contribution in [1.29, 1.82) is 5.26 Å². The van der Waals surface area contributed by atoms with E-state index in [0.29, 0.717) is 16.9 Å². The molecule has 1 aromatic carbocycles. The molecule has 19 heavy (non-hydrogen) atoms. The highest BCUT2D eigenvalue weighted by Gasteiger charge is 2.14. The maximum Gasteiger partial charge on any atom is 0.240 e. The molecule has 0 aliphatic rings. The van der Waals surface area contributed by atoms with Crippen molar-refractivity contribution < 1.29 is 8.42 Å². The molecule has 0 radical (unpaired) electrons. The van der Waals surface area contributed by atoms with Crippen LogP contribution in [-0.2, 0) is 16.6 Å². The number of nitrogens with one attached hydrogen (secondary N) is 2. The van der Waals surface area contributed by atoms with Gasteiger partial charge in [0, 0.05) is 12.1 Å². The predicted octanol–water partition coefficient (Wildman–Crippen LogP) is 0.342. The van der Waals surface area contributed by atoms with Crippen LogP contribution in [0.2, 0.25) is 0 Å². The number of nitrogen functional groups attached to an aromatic ring is 1. The first-order valence-electron chi connectivity index (χ1n) is 5.30. The average Bonchev–Trinajstić information content (AvgIpc) is 2.82. The molecule has 98 valence electrons. The van der Waals surface area contributed by atoms with Gasteiger partial charge in [0.2, 0.25) is 10.0 Å². The Balaban J connectivity index is 2.14. The second-order valence-electron chi connectivity index (χ2n) is 3.77. The normalized spacial score (nSPS) is 11.1. The molecule has 0 atom stereocenters. The van der Waals surface area contributed by atoms with Crippen LogP contribution < -0.4 is 10.5 Å². The monoisotopic (exact) mass is 277 g/mol. The Morgan fingerprint density at radius 3 is 2.58 bits per heavy atom. The van der Waals surface area contributed by atoms with Crippen molar-refractivity contribution >= 4 is 15.8 Å². The van der Waals surface area contributed by atoms with Crippen molar-refractivity contribution in [3.8, 4) is 6.07 Å². The topological polar surface area (TPSA) is 125 Å². The SMILES string of the molecule is N#Cc1ccc(S(=O)(=O)NCc2cn[nH]c2N)cc1. The first-order valence-corrected chi connectivity index (χ1v) is 6.79. The van der Waals surface area contributed by atoms with E-state index in [1.54, 1.807) is 0 Å². The van der Waals surface area contributed by atoms with Crippen molar-refractivity contribution in [3.63, 3.8) is 0 Å². The van der Waals surface area contributed by atoms with E-state index >= 15 is 0 Å². The minimum atomic E-state index is -3.63. The van der Waals surface area contributed by atoms with Gasteiger partial charge in [-0.1, -0.05) is 0 Å². The molecular weight excluding hydrogens is 266 g/mol. The lowest BCUT2D eigenvalue weighted by Gasteiger charge is -2.06. The summed E-state index contributed by atoms with van der Waals surface area (Å²) in [5, 5.41) is 14.9. The fourth-order valence-electron chi connectivity index (χ4n) is 1.43. The van der Waals surface area contributed by atoms with Crippen LogP contribution in [0.3, 0.4) is 0 Å². The molecular formula is C11H11N5O2S. The van der Waals surface area contributed by atoms with E-state index in [9.17, 15) is 8.42 Å². The number of hydrogen-bond acceptors (Lipinski definition) is 5. The number of aromatic amines is 1. The number of anilines is 1. The minimum Gasteiger partial charge on any atom is -0.384 e. The second-order valence-corrected chi connectivity index (χ2v) is 5.54. The van der Waals surface area contributed by atoms with Crippen LogP contribution in [0.15, 0.2) is 35.4 Å². The standard InChI is InChI=1S/C11H11N5O2S/c12-5-8-1-3-10(4-2-8)19(17,18)15-7-9-6-14-16-11(9)13/h1-4,6,15H,7H2,(H3,13,14,16). The van der Waals surface area contributed by atoms with E-state index in [4.69, 9.17) is 11.0 Å². The molecule has 1 aromatic heterocycles. The van der Waals surface area contributed by atoms with Gasteiger partial charge in [0.05, 0.1) is 22.7 Å². The quantitative estimate of drug-likeness (QED) is 0.743. The van der Waals surface area contributed by atoms with Crippen LogP contribution in [0.25, 0.3) is 0 Å². The smallest absolute Gasteiger partial charge is 0.240 e. The van der Waals surface area contributed by atoms with Gasteiger partial charge in [-0.05, 0) is 24.3 Å². The zero-order chi connectivity index (χ0) is 13.9. The van der Waals surface area contributed by atoms with Crippen LogP contribution in [-0.4, -0.2) is 18.6 Å². The Bertz CT molecular complexity index is 712. The molecule has 0 unspecified atom stereocenters. The fourth-order valence-corrected chi connectivity index (χ4v) is 2.43. The van der Waals surface area contributed by atoms with Crippen LogP contribution in [0.4, 0.5) is 5.82 Å². The number of hydrogen-bond donors (Lipinski definition) is 3. The van der Waals surface area contributed by atoms with E-state index in [-0.39, 0.29) is 11.4 Å². The van der Waals surface area contributed by atoms with E-state index in [1.165, 1.54) is 30.5 Å². The Kier molecular flexibility index (Phi) is 3.50. The predicted molar refractivity (Wildman–Crippen MR) is 68.2 cm³/mol. The maximum absolute atomic E-state index is 12.0. The molecule has 0 fully saturated rings. The van der Waals surface area contributed by atoms with Gasteiger partial charge in [-0.3, -0.25) is 5.10 Å². The summed E-state index contributed by atoms with van der Waals surface area (Å²) in [6.45, 7) is 0.0463. The van der Waals surface area contributed by atoms with Gasteiger partial charge in [-0.15, -0.1) is 0 Å². The lowest BCUT2D eigenvalue weighted by Crippen LogP contribution is -2.23. The number of sulfonamides is 1.